The molecule has 1 fully saturated rings. The maximum absolute atomic E-state index is 13.7. The number of aromatic nitrogens is 2. The van der Waals surface area contributed by atoms with Crippen LogP contribution in [-0.2, 0) is 20.9 Å². The summed E-state index contributed by atoms with van der Waals surface area (Å²) in [5.74, 6) is -1.29. The molecule has 1 N–H and O–H groups in total. The van der Waals surface area contributed by atoms with Crippen molar-refractivity contribution in [2.45, 2.75) is 46.2 Å². The maximum Gasteiger partial charge on any atom is 0.338 e. The Morgan fingerprint density at radius 1 is 1.17 bits per heavy atom. The van der Waals surface area contributed by atoms with Gasteiger partial charge in [0.05, 0.1) is 29.2 Å². The highest BCUT2D eigenvalue weighted by Gasteiger charge is 2.44. The van der Waals surface area contributed by atoms with Gasteiger partial charge in [-0.15, -0.1) is 0 Å². The van der Waals surface area contributed by atoms with Crippen molar-refractivity contribution in [3.05, 3.63) is 80.6 Å². The largest absolute Gasteiger partial charge is 0.462 e. The highest BCUT2D eigenvalue weighted by Crippen LogP contribution is 2.29. The number of nitrogens with zero attached hydrogens (tertiary/aromatic N) is 5. The summed E-state index contributed by atoms with van der Waals surface area (Å²) < 4.78 is 6.59. The number of anilines is 2. The van der Waals surface area contributed by atoms with Crippen molar-refractivity contribution >= 4 is 63.8 Å². The van der Waals surface area contributed by atoms with Crippen molar-refractivity contribution in [3.63, 3.8) is 0 Å². The molecule has 0 unspecified atom stereocenters. The number of esters is 1. The second-order valence-electron chi connectivity index (χ2n) is 9.55. The van der Waals surface area contributed by atoms with Crippen LogP contribution in [0.5, 0.6) is 0 Å². The molecule has 2 heterocycles. The van der Waals surface area contributed by atoms with Crippen molar-refractivity contribution < 1.29 is 24.0 Å². The minimum absolute atomic E-state index is 0.0325. The normalized spacial score (nSPS) is 14.8. The lowest BCUT2D eigenvalue weighted by atomic mass is 10.1. The number of nitrogens with one attached hydrogen (secondary N) is 1. The number of ether oxygens (including phenoxy) is 1. The smallest absolute Gasteiger partial charge is 0.338 e. The third-order valence-corrected chi connectivity index (χ3v) is 7.39. The fourth-order valence-electron chi connectivity index (χ4n) is 4.80. The number of rotatable bonds is 11. The molecule has 14 heteroatoms. The number of amides is 2. The van der Waals surface area contributed by atoms with Gasteiger partial charge in [-0.3, -0.25) is 29.3 Å². The molecule has 1 aromatic heterocycles. The Morgan fingerprint density at radius 3 is 2.50 bits per heavy atom. The van der Waals surface area contributed by atoms with E-state index < -0.39 is 28.7 Å². The maximum atomic E-state index is 13.7. The van der Waals surface area contributed by atoms with E-state index in [4.69, 9.17) is 28.6 Å². The number of halogens is 1. The van der Waals surface area contributed by atoms with Gasteiger partial charge in [0.25, 0.3) is 5.91 Å². The highest BCUT2D eigenvalue weighted by atomic mass is 35.5. The summed E-state index contributed by atoms with van der Waals surface area (Å²) in [7, 11) is 0. The topological polar surface area (TPSA) is 140 Å². The molecule has 2 amide bonds. The van der Waals surface area contributed by atoms with Gasteiger partial charge in [0.1, 0.15) is 17.4 Å². The molecular formula is C28H29ClN6O6S. The van der Waals surface area contributed by atoms with Crippen molar-refractivity contribution in [3.8, 4) is 0 Å². The van der Waals surface area contributed by atoms with Crippen LogP contribution in [0.4, 0.5) is 17.1 Å². The molecular weight excluding hydrogens is 584 g/mol. The number of carbonyl (C=O) groups is 3. The van der Waals surface area contributed by atoms with Gasteiger partial charge in [0.15, 0.2) is 5.11 Å². The SMILES string of the molecule is CCOC(=O)c1ccc(N2C(=O)[C@H](CC(=O)Nc3cccc(Cl)c3)N(CCCn3nc(C)c([N+](=O)[O-])c3C)C2=S)cc1. The summed E-state index contributed by atoms with van der Waals surface area (Å²) in [5, 5.41) is 19.1. The van der Waals surface area contributed by atoms with E-state index in [2.05, 4.69) is 10.4 Å². The number of benzene rings is 2. The van der Waals surface area contributed by atoms with Gasteiger partial charge in [0, 0.05) is 23.8 Å². The zero-order valence-electron chi connectivity index (χ0n) is 23.2. The minimum atomic E-state index is -0.906. The first-order chi connectivity index (χ1) is 20.0. The Labute approximate surface area is 252 Å². The van der Waals surface area contributed by atoms with Gasteiger partial charge in [-0.05, 0) is 81.9 Å². The molecule has 220 valence electrons. The summed E-state index contributed by atoms with van der Waals surface area (Å²) in [4.78, 5) is 52.8. The van der Waals surface area contributed by atoms with Crippen LogP contribution in [0.25, 0.3) is 0 Å². The van der Waals surface area contributed by atoms with Gasteiger partial charge in [0.2, 0.25) is 5.91 Å². The predicted molar refractivity (Wildman–Crippen MR) is 161 cm³/mol. The van der Waals surface area contributed by atoms with E-state index >= 15 is 0 Å². The summed E-state index contributed by atoms with van der Waals surface area (Å²) in [6.07, 6.45) is 0.253. The molecule has 1 atom stereocenters. The van der Waals surface area contributed by atoms with E-state index in [0.717, 1.165) is 0 Å². The fraction of sp³-hybridized carbons (Fsp3) is 0.321. The first kappa shape index (κ1) is 30.6. The number of hydrogen-bond acceptors (Lipinski definition) is 8. The van der Waals surface area contributed by atoms with Crippen LogP contribution < -0.4 is 10.2 Å². The monoisotopic (exact) mass is 612 g/mol. The van der Waals surface area contributed by atoms with Gasteiger partial charge in [-0.2, -0.15) is 5.10 Å². The number of hydrogen-bond donors (Lipinski definition) is 1. The van der Waals surface area contributed by atoms with Gasteiger partial charge in [-0.25, -0.2) is 4.79 Å². The summed E-state index contributed by atoms with van der Waals surface area (Å²) in [6, 6.07) is 12.0. The standard InChI is InChI=1S/C28H29ClN6O6S/c1-4-41-27(38)19-9-11-22(12-10-19)34-26(37)23(16-24(36)30-21-8-5-7-20(29)15-21)32(28(34)42)13-6-14-33-18(3)25(35(39)40)17(2)31-33/h5,7-12,15,23H,4,6,13-14,16H2,1-3H3,(H,30,36)/t23-/m0/s1. The zero-order valence-corrected chi connectivity index (χ0v) is 24.8. The van der Waals surface area contributed by atoms with Gasteiger partial charge in [-0.1, -0.05) is 17.7 Å². The first-order valence-corrected chi connectivity index (χ1v) is 14.0. The lowest BCUT2D eigenvalue weighted by Gasteiger charge is -2.24. The molecule has 0 radical (unpaired) electrons. The quantitative estimate of drug-likeness (QED) is 0.142. The molecule has 2 aromatic carbocycles. The molecule has 1 aliphatic rings. The lowest BCUT2D eigenvalue weighted by Crippen LogP contribution is -2.38. The van der Waals surface area contributed by atoms with Crippen LogP contribution in [0.2, 0.25) is 5.02 Å². The van der Waals surface area contributed by atoms with Crippen LogP contribution in [0.1, 0.15) is 41.5 Å². The summed E-state index contributed by atoms with van der Waals surface area (Å²) in [6.45, 7) is 5.77. The lowest BCUT2D eigenvalue weighted by molar-refractivity contribution is -0.386. The zero-order chi connectivity index (χ0) is 30.6. The molecule has 0 saturated carbocycles. The summed E-state index contributed by atoms with van der Waals surface area (Å²) in [5.41, 5.74) is 1.97. The first-order valence-electron chi connectivity index (χ1n) is 13.2. The predicted octanol–water partition coefficient (Wildman–Crippen LogP) is 4.66. The molecule has 1 aliphatic heterocycles. The average molecular weight is 613 g/mol. The Balaban J connectivity index is 1.55. The number of thiocarbonyl (C=S) groups is 1. The second kappa shape index (κ2) is 13.1. The molecule has 1 saturated heterocycles. The molecule has 4 rings (SSSR count). The minimum Gasteiger partial charge on any atom is -0.462 e. The van der Waals surface area contributed by atoms with E-state index in [9.17, 15) is 24.5 Å². The molecule has 0 spiro atoms. The Morgan fingerprint density at radius 2 is 1.88 bits per heavy atom. The van der Waals surface area contributed by atoms with Crippen LogP contribution in [0, 0.1) is 24.0 Å². The van der Waals surface area contributed by atoms with E-state index in [-0.39, 0.29) is 30.4 Å². The Bertz CT molecular complexity index is 1540. The van der Waals surface area contributed by atoms with Gasteiger partial charge < -0.3 is 15.0 Å². The van der Waals surface area contributed by atoms with E-state index in [1.54, 1.807) is 78.9 Å². The van der Waals surface area contributed by atoms with Crippen LogP contribution in [0.15, 0.2) is 48.5 Å². The van der Waals surface area contributed by atoms with E-state index in [1.807, 2.05) is 0 Å². The van der Waals surface area contributed by atoms with Crippen molar-refractivity contribution in [1.29, 1.82) is 0 Å². The molecule has 0 bridgehead atoms. The third-order valence-electron chi connectivity index (χ3n) is 6.74. The van der Waals surface area contributed by atoms with Gasteiger partial charge >= 0.3 is 11.7 Å². The highest BCUT2D eigenvalue weighted by molar-refractivity contribution is 7.80. The number of aryl methyl sites for hydroxylation is 2. The molecule has 42 heavy (non-hydrogen) atoms. The van der Waals surface area contributed by atoms with Crippen molar-refractivity contribution in [2.75, 3.05) is 23.4 Å². The van der Waals surface area contributed by atoms with Crippen LogP contribution in [0.3, 0.4) is 0 Å². The van der Waals surface area contributed by atoms with E-state index in [0.29, 0.717) is 46.3 Å². The van der Waals surface area contributed by atoms with Crippen LogP contribution >= 0.6 is 23.8 Å². The average Bonchev–Trinajstić information content (AvgIpc) is 3.35. The van der Waals surface area contributed by atoms with Crippen molar-refractivity contribution in [2.24, 2.45) is 0 Å². The fourth-order valence-corrected chi connectivity index (χ4v) is 5.40. The number of nitro groups is 1. The van der Waals surface area contributed by atoms with E-state index in [1.165, 1.54) is 4.90 Å². The Hall–Kier alpha value is -4.36. The second-order valence-corrected chi connectivity index (χ2v) is 10.4. The Kier molecular flexibility index (Phi) is 9.53. The number of carbonyl (C=O) groups excluding carboxylic acids is 3. The molecule has 12 nitrogen and oxygen atoms in total. The molecule has 0 aliphatic carbocycles. The summed E-state index contributed by atoms with van der Waals surface area (Å²) >= 11 is 11.8. The third kappa shape index (κ3) is 6.58. The van der Waals surface area contributed by atoms with Crippen molar-refractivity contribution in [1.82, 2.24) is 14.7 Å². The van der Waals surface area contributed by atoms with Crippen LogP contribution in [-0.4, -0.2) is 61.7 Å². The molecule has 3 aromatic rings.